The molecule has 1 aliphatic carbocycles. The third-order valence-electron chi connectivity index (χ3n) is 18.5. The summed E-state index contributed by atoms with van der Waals surface area (Å²) in [4.78, 5) is 76.5. The van der Waals surface area contributed by atoms with E-state index in [1.165, 1.54) is 49.6 Å². The molecule has 106 heavy (non-hydrogen) atoms. The van der Waals surface area contributed by atoms with Gasteiger partial charge in [0.1, 0.15) is 17.5 Å². The lowest BCUT2D eigenvalue weighted by Gasteiger charge is -2.36. The van der Waals surface area contributed by atoms with Crippen LogP contribution >= 0.6 is 11.6 Å². The molecular formula is C78H107B3ClF3N6O15. The number of amides is 5. The highest BCUT2D eigenvalue weighted by atomic mass is 35.5. The standard InChI is InChI=1S/C28H38BFN2O5.C22H30BFN2O5.C15H19BClFO4.C13H20N2O/c1-17-13-18(2)15-20(14-17)25(34)32(26(3,4)5)31-24(33)21-12-11-19(16-35-10)22(23(21)30)29-36-27(6,7)28(8,9)37-29;1-13-9-14(2)11-16(10-13)21(28)26(22(3,4)5)25-20(27)17-8-7-15(12-31-6)18(19(17)24)23(29)30;1-14(2)15(3,4)22-16(21-14)11-9(8-20-5)6-7-10(12(11)18)13(17)19;1-9-6-10(2)8-11(7-9)12(16)15(14)13(3,4)5/h11-15H,16H2,1-10H3,(H,31,33);8-11,15,29-30H,7,12H2,1-6H3,(H,25,27);6-7H,8H2,1-5H3;6-8H,14H2,1-5H3. The smallest absolute Gasteiger partial charge is 0.423 e. The van der Waals surface area contributed by atoms with Crippen LogP contribution in [0.4, 0.5) is 13.2 Å². The number of nitrogens with one attached hydrogen (secondary N) is 2. The number of aryl methyl sites for hydroxylation is 6. The van der Waals surface area contributed by atoms with Crippen LogP contribution in [0, 0.1) is 59.1 Å². The maximum atomic E-state index is 16.1. The number of nitrogens with zero attached hydrogens (tertiary/aromatic N) is 3. The van der Waals surface area contributed by atoms with Gasteiger partial charge in [0.15, 0.2) is 0 Å². The Morgan fingerprint density at radius 2 is 0.868 bits per heavy atom. The molecule has 28 heteroatoms. The van der Waals surface area contributed by atoms with E-state index in [1.54, 1.807) is 77.9 Å². The zero-order valence-electron chi connectivity index (χ0n) is 66.4. The number of ether oxygens (including phenoxy) is 3. The molecule has 0 spiro atoms. The number of carbonyl (C=O) groups excluding carboxylic acids is 6. The number of allylic oxidation sites excluding steroid dienone is 1. The molecule has 0 radical (unpaired) electrons. The number of methoxy groups -OCH3 is 3. The fraction of sp³-hybridized carbons (Fsp3) is 0.487. The topological polar surface area (TPSA) is 267 Å². The summed E-state index contributed by atoms with van der Waals surface area (Å²) in [6.07, 6.45) is 1.57. The van der Waals surface area contributed by atoms with Crippen molar-refractivity contribution in [1.29, 1.82) is 0 Å². The molecule has 2 fully saturated rings. The van der Waals surface area contributed by atoms with Crippen molar-refractivity contribution in [2.45, 2.75) is 218 Å². The molecule has 0 bridgehead atoms. The highest BCUT2D eigenvalue weighted by molar-refractivity contribution is 6.68. The van der Waals surface area contributed by atoms with Crippen LogP contribution in [0.3, 0.4) is 0 Å². The molecule has 3 aliphatic rings. The molecule has 1 atom stereocenters. The SMILES string of the molecule is COCC1CC=C(C(=O)NN(C(=O)c2cc(C)cc(C)c2)C(C)(C)C)C(F)=C1B(O)O.COCc1ccc(C(=O)Cl)c(F)c1B1OC(C)(C)C(C)(C)O1.COCc1ccc(C(=O)NN(C(=O)c2cc(C)cc(C)c2)C(C)(C)C)c(F)c1B1OC(C)(C)C(C)(C)O1.Cc1cc(C)cc(C(=O)N(N)C(C)(C)C)c1. The monoisotopic (exact) mass is 1490 g/mol. The van der Waals surface area contributed by atoms with Crippen molar-refractivity contribution >= 4 is 78.7 Å². The summed E-state index contributed by atoms with van der Waals surface area (Å²) in [5.74, 6) is 0.107. The minimum atomic E-state index is -2.06. The summed E-state index contributed by atoms with van der Waals surface area (Å²) in [5.41, 5.74) is 8.08. The van der Waals surface area contributed by atoms with Crippen LogP contribution in [0.25, 0.3) is 0 Å². The third-order valence-corrected chi connectivity index (χ3v) is 18.7. The Balaban J connectivity index is 0.000000265. The Hall–Kier alpha value is -7.53. The number of hydrogen-bond donors (Lipinski definition) is 5. The zero-order valence-corrected chi connectivity index (χ0v) is 67.1. The number of hydrogen-bond acceptors (Lipinski definition) is 16. The largest absolute Gasteiger partial charge is 0.498 e. The normalized spacial score (nSPS) is 16.4. The Labute approximate surface area is 629 Å². The highest BCUT2D eigenvalue weighted by Crippen LogP contribution is 2.39. The lowest BCUT2D eigenvalue weighted by atomic mass is 9.67. The summed E-state index contributed by atoms with van der Waals surface area (Å²) in [5, 5.41) is 22.1. The van der Waals surface area contributed by atoms with Gasteiger partial charge in [0.25, 0.3) is 34.8 Å². The summed E-state index contributed by atoms with van der Waals surface area (Å²) in [6.45, 7) is 43.2. The van der Waals surface area contributed by atoms with Gasteiger partial charge >= 0.3 is 21.4 Å². The van der Waals surface area contributed by atoms with Crippen molar-refractivity contribution in [3.8, 4) is 0 Å². The highest BCUT2D eigenvalue weighted by Gasteiger charge is 2.55. The minimum absolute atomic E-state index is 0.0745. The van der Waals surface area contributed by atoms with Gasteiger partial charge < -0.3 is 42.9 Å². The molecule has 21 nitrogen and oxygen atoms in total. The van der Waals surface area contributed by atoms with Gasteiger partial charge in [0, 0.05) is 60.3 Å². The second kappa shape index (κ2) is 35.2. The first-order chi connectivity index (χ1) is 48.7. The molecule has 2 aliphatic heterocycles. The molecule has 5 aromatic rings. The first-order valence-corrected chi connectivity index (χ1v) is 35.2. The van der Waals surface area contributed by atoms with E-state index in [0.29, 0.717) is 27.8 Å². The first kappa shape index (κ1) is 89.1. The van der Waals surface area contributed by atoms with Crippen LogP contribution < -0.4 is 27.6 Å². The van der Waals surface area contributed by atoms with E-state index in [9.17, 15) is 43.2 Å². The molecule has 576 valence electrons. The van der Waals surface area contributed by atoms with Gasteiger partial charge in [-0.25, -0.2) is 29.0 Å². The van der Waals surface area contributed by atoms with E-state index in [2.05, 4.69) is 10.9 Å². The number of halogens is 4. The molecule has 0 aromatic heterocycles. The fourth-order valence-corrected chi connectivity index (χ4v) is 11.8. The molecular weight excluding hydrogens is 1390 g/mol. The van der Waals surface area contributed by atoms with Crippen molar-refractivity contribution in [2.75, 3.05) is 27.9 Å². The van der Waals surface area contributed by atoms with E-state index in [-0.39, 0.29) is 70.8 Å². The second-order valence-corrected chi connectivity index (χ2v) is 32.3. The van der Waals surface area contributed by atoms with Gasteiger partial charge in [-0.05, 0) is 237 Å². The van der Waals surface area contributed by atoms with Crippen molar-refractivity contribution in [3.63, 3.8) is 0 Å². The average Bonchev–Trinajstić information content (AvgIpc) is 1.58. The minimum Gasteiger partial charge on any atom is -0.423 e. The number of nitrogens with two attached hydrogens (primary N) is 1. The molecule has 6 N–H and O–H groups in total. The van der Waals surface area contributed by atoms with Crippen molar-refractivity contribution < 1.29 is 84.8 Å². The molecule has 2 saturated heterocycles. The Kier molecular flexibility index (Phi) is 29.6. The van der Waals surface area contributed by atoms with E-state index in [0.717, 1.165) is 38.4 Å². The molecule has 5 amide bonds. The van der Waals surface area contributed by atoms with E-state index < -0.39 is 107 Å². The van der Waals surface area contributed by atoms with Crippen LogP contribution in [0.1, 0.15) is 220 Å². The summed E-state index contributed by atoms with van der Waals surface area (Å²) in [6, 6.07) is 22.6. The number of benzene rings is 5. The lowest BCUT2D eigenvalue weighted by Crippen LogP contribution is -2.56. The van der Waals surface area contributed by atoms with Gasteiger partial charge in [-0.15, -0.1) is 0 Å². The maximum absolute atomic E-state index is 16.1. The van der Waals surface area contributed by atoms with E-state index >= 15 is 8.78 Å². The predicted molar refractivity (Wildman–Crippen MR) is 408 cm³/mol. The molecule has 2 heterocycles. The van der Waals surface area contributed by atoms with E-state index in [4.69, 9.17) is 50.3 Å². The van der Waals surface area contributed by atoms with Gasteiger partial charge in [-0.2, -0.15) is 0 Å². The fourth-order valence-electron chi connectivity index (χ4n) is 11.6. The van der Waals surface area contributed by atoms with Gasteiger partial charge in [0.05, 0.1) is 75.5 Å². The van der Waals surface area contributed by atoms with Gasteiger partial charge in [-0.1, -0.05) is 69.8 Å². The maximum Gasteiger partial charge on any atom is 0.498 e. The summed E-state index contributed by atoms with van der Waals surface area (Å²) < 4.78 is 85.1. The van der Waals surface area contributed by atoms with Crippen LogP contribution in [0.15, 0.2) is 102 Å². The molecule has 8 rings (SSSR count). The quantitative estimate of drug-likeness (QED) is 0.0214. The zero-order chi connectivity index (χ0) is 80.6. The van der Waals surface area contributed by atoms with Crippen LogP contribution in [-0.2, 0) is 50.8 Å². The second-order valence-electron chi connectivity index (χ2n) is 31.9. The van der Waals surface area contributed by atoms with Crippen molar-refractivity contribution in [3.05, 3.63) is 186 Å². The summed E-state index contributed by atoms with van der Waals surface area (Å²) in [7, 11) is 0.418. The van der Waals surface area contributed by atoms with Crippen LogP contribution in [-0.4, -0.2) is 148 Å². The molecule has 5 aromatic carbocycles. The molecule has 1 unspecified atom stereocenters. The number of rotatable bonds is 15. The Morgan fingerprint density at radius 3 is 1.18 bits per heavy atom. The van der Waals surface area contributed by atoms with Gasteiger partial charge in [0.2, 0.25) is 0 Å². The Bertz CT molecular complexity index is 4050. The number of hydrazine groups is 3. The van der Waals surface area contributed by atoms with Crippen LogP contribution in [0.5, 0.6) is 0 Å². The van der Waals surface area contributed by atoms with Crippen molar-refractivity contribution in [1.82, 2.24) is 25.9 Å². The lowest BCUT2D eigenvalue weighted by molar-refractivity contribution is -0.123. The predicted octanol–water partition coefficient (Wildman–Crippen LogP) is 11.9. The Morgan fingerprint density at radius 1 is 0.538 bits per heavy atom. The average molecular weight is 1490 g/mol. The third kappa shape index (κ3) is 21.9. The summed E-state index contributed by atoms with van der Waals surface area (Å²) >= 11 is 5.44. The first-order valence-electron chi connectivity index (χ1n) is 34.8. The van der Waals surface area contributed by atoms with E-state index in [1.807, 2.05) is 148 Å². The van der Waals surface area contributed by atoms with Gasteiger partial charge in [-0.3, -0.25) is 44.6 Å². The number of carbonyl (C=O) groups is 6. The van der Waals surface area contributed by atoms with Crippen LogP contribution in [0.2, 0.25) is 0 Å². The van der Waals surface area contributed by atoms with Crippen molar-refractivity contribution in [2.24, 2.45) is 11.8 Å². The molecule has 0 saturated carbocycles.